The zero-order valence-corrected chi connectivity index (χ0v) is 27.3. The van der Waals surface area contributed by atoms with Crippen LogP contribution < -0.4 is 0 Å². The zero-order chi connectivity index (χ0) is 32.6. The van der Waals surface area contributed by atoms with Gasteiger partial charge in [-0.1, -0.05) is 82.2 Å². The van der Waals surface area contributed by atoms with Crippen LogP contribution in [0.3, 0.4) is 0 Å². The number of fused-ring (bicyclic) bond motifs is 2. The van der Waals surface area contributed by atoms with E-state index in [1.54, 1.807) is 56.8 Å². The van der Waals surface area contributed by atoms with Crippen molar-refractivity contribution < 1.29 is 19.1 Å². The first-order valence-corrected chi connectivity index (χ1v) is 16.2. The third kappa shape index (κ3) is 7.19. The van der Waals surface area contributed by atoms with Crippen LogP contribution in [-0.2, 0) is 11.3 Å². The van der Waals surface area contributed by atoms with E-state index < -0.39 is 5.97 Å². The lowest BCUT2D eigenvalue weighted by Gasteiger charge is -2.12. The van der Waals surface area contributed by atoms with Crippen molar-refractivity contribution in [1.82, 2.24) is 24.4 Å². The van der Waals surface area contributed by atoms with Gasteiger partial charge in [0.2, 0.25) is 0 Å². The number of imidazole rings is 1. The number of nitrogens with zero attached hydrogens (tertiary/aromatic N) is 4. The molecule has 0 spiro atoms. The number of rotatable bonds is 15. The number of aryl methyl sites for hydroxylation is 1. The lowest BCUT2D eigenvalue weighted by molar-refractivity contribution is 0.0499. The lowest BCUT2D eigenvalue weighted by atomic mass is 9.96. The Morgan fingerprint density at radius 1 is 0.913 bits per heavy atom. The van der Waals surface area contributed by atoms with E-state index in [0.717, 1.165) is 41.7 Å². The number of hydrogen-bond donors (Lipinski definition) is 1. The molecular formula is C37H43N5O4. The third-order valence-electron chi connectivity index (χ3n) is 8.42. The third-order valence-corrected chi connectivity index (χ3v) is 8.42. The van der Waals surface area contributed by atoms with Crippen LogP contribution in [0.2, 0.25) is 0 Å². The van der Waals surface area contributed by atoms with Crippen molar-refractivity contribution in [3.63, 3.8) is 0 Å². The molecule has 5 aromatic rings. The molecule has 3 aromatic heterocycles. The summed E-state index contributed by atoms with van der Waals surface area (Å²) in [5.41, 5.74) is 4.33. The van der Waals surface area contributed by atoms with E-state index in [1.807, 2.05) is 25.1 Å². The van der Waals surface area contributed by atoms with Crippen LogP contribution in [0.5, 0.6) is 0 Å². The zero-order valence-electron chi connectivity index (χ0n) is 27.3. The maximum Gasteiger partial charge on any atom is 0.338 e. The van der Waals surface area contributed by atoms with Gasteiger partial charge in [0.05, 0.1) is 29.4 Å². The predicted molar refractivity (Wildman–Crippen MR) is 180 cm³/mol. The SMILES string of the molecule is CCCCCCCCCCOC(=O)c1cccc2[nH]c(C(=O)N(C)C)c(C(=O)c3ccc(Cn4c(C)nc5cnccc54)cc3)c12. The number of unbranched alkanes of at least 4 members (excludes halogenated alkanes) is 7. The fourth-order valence-electron chi connectivity index (χ4n) is 5.90. The molecule has 5 rings (SSSR count). The van der Waals surface area contributed by atoms with Crippen LogP contribution in [0, 0.1) is 6.92 Å². The predicted octanol–water partition coefficient (Wildman–Crippen LogP) is 7.50. The summed E-state index contributed by atoms with van der Waals surface area (Å²) in [7, 11) is 3.27. The molecule has 0 aliphatic carbocycles. The van der Waals surface area contributed by atoms with E-state index in [0.29, 0.717) is 29.6 Å². The maximum atomic E-state index is 14.2. The summed E-state index contributed by atoms with van der Waals surface area (Å²) in [4.78, 5) is 54.1. The van der Waals surface area contributed by atoms with Crippen LogP contribution in [0.1, 0.15) is 106 Å². The van der Waals surface area contributed by atoms with E-state index in [2.05, 4.69) is 26.4 Å². The van der Waals surface area contributed by atoms with E-state index in [-0.39, 0.29) is 28.5 Å². The number of hydrogen-bond acceptors (Lipinski definition) is 6. The highest BCUT2D eigenvalue weighted by Gasteiger charge is 2.28. The Kier molecular flexibility index (Phi) is 10.6. The highest BCUT2D eigenvalue weighted by atomic mass is 16.5. The average Bonchev–Trinajstić information content (AvgIpc) is 3.60. The molecule has 2 aromatic carbocycles. The van der Waals surface area contributed by atoms with E-state index in [4.69, 9.17) is 4.74 Å². The van der Waals surface area contributed by atoms with Crippen LogP contribution in [0.25, 0.3) is 21.9 Å². The summed E-state index contributed by atoms with van der Waals surface area (Å²) in [6.45, 7) is 5.05. The molecule has 46 heavy (non-hydrogen) atoms. The summed E-state index contributed by atoms with van der Waals surface area (Å²) < 4.78 is 7.78. The van der Waals surface area contributed by atoms with Crippen molar-refractivity contribution in [1.29, 1.82) is 0 Å². The minimum atomic E-state index is -0.501. The van der Waals surface area contributed by atoms with Crippen LogP contribution >= 0.6 is 0 Å². The smallest absolute Gasteiger partial charge is 0.338 e. The Labute approximate surface area is 270 Å². The second-order valence-electron chi connectivity index (χ2n) is 12.0. The number of aromatic nitrogens is 4. The van der Waals surface area contributed by atoms with Crippen molar-refractivity contribution in [3.05, 3.63) is 94.7 Å². The molecule has 9 nitrogen and oxygen atoms in total. The van der Waals surface area contributed by atoms with Gasteiger partial charge < -0.3 is 19.2 Å². The molecule has 1 N–H and O–H groups in total. The van der Waals surface area contributed by atoms with Crippen molar-refractivity contribution in [2.75, 3.05) is 20.7 Å². The van der Waals surface area contributed by atoms with Gasteiger partial charge in [0.1, 0.15) is 17.0 Å². The Hall–Kier alpha value is -4.79. The second-order valence-corrected chi connectivity index (χ2v) is 12.0. The molecule has 3 heterocycles. The molecule has 240 valence electrons. The number of carbonyl (C=O) groups excluding carboxylic acids is 3. The first-order chi connectivity index (χ1) is 22.3. The van der Waals surface area contributed by atoms with Crippen molar-refractivity contribution >= 4 is 39.6 Å². The van der Waals surface area contributed by atoms with Gasteiger partial charge in [0, 0.05) is 43.3 Å². The normalized spacial score (nSPS) is 11.3. The number of H-pyrrole nitrogens is 1. The van der Waals surface area contributed by atoms with E-state index >= 15 is 0 Å². The lowest BCUT2D eigenvalue weighted by Crippen LogP contribution is -2.24. The number of nitrogens with one attached hydrogen (secondary N) is 1. The maximum absolute atomic E-state index is 14.2. The van der Waals surface area contributed by atoms with Gasteiger partial charge in [-0.25, -0.2) is 9.78 Å². The number of benzene rings is 2. The molecule has 0 fully saturated rings. The monoisotopic (exact) mass is 621 g/mol. The molecule has 9 heteroatoms. The van der Waals surface area contributed by atoms with Crippen molar-refractivity contribution in [3.8, 4) is 0 Å². The number of ether oxygens (including phenoxy) is 1. The fourth-order valence-corrected chi connectivity index (χ4v) is 5.90. The molecule has 1 amide bonds. The first kappa shape index (κ1) is 32.6. The summed E-state index contributed by atoms with van der Waals surface area (Å²) in [6.07, 6.45) is 12.6. The molecule has 0 saturated heterocycles. The molecule has 0 aliphatic rings. The number of carbonyl (C=O) groups is 3. The Morgan fingerprint density at radius 3 is 2.35 bits per heavy atom. The van der Waals surface area contributed by atoms with Gasteiger partial charge in [0.15, 0.2) is 5.78 Å². The minimum Gasteiger partial charge on any atom is -0.462 e. The topological polar surface area (TPSA) is 110 Å². The fraction of sp³-hybridized carbons (Fsp3) is 0.378. The summed E-state index contributed by atoms with van der Waals surface area (Å²) >= 11 is 0. The van der Waals surface area contributed by atoms with Crippen LogP contribution in [0.4, 0.5) is 0 Å². The molecule has 0 unspecified atom stereocenters. The van der Waals surface area contributed by atoms with Gasteiger partial charge in [-0.2, -0.15) is 0 Å². The molecule has 0 saturated carbocycles. The first-order valence-electron chi connectivity index (χ1n) is 16.2. The number of pyridine rings is 1. The minimum absolute atomic E-state index is 0.145. The highest BCUT2D eigenvalue weighted by molar-refractivity contribution is 6.24. The van der Waals surface area contributed by atoms with E-state index in [1.165, 1.54) is 37.0 Å². The standard InChI is InChI=1S/C37H43N5O4/c1-5-6-7-8-9-10-11-12-22-46-37(45)28-14-13-15-29-32(28)33(34(40-29)36(44)41(3)4)35(43)27-18-16-26(17-19-27)24-42-25(2)39-30-23-38-21-20-31(30)42/h13-21,23,40H,5-12,22,24H2,1-4H3. The highest BCUT2D eigenvalue weighted by Crippen LogP contribution is 2.30. The number of amides is 1. The largest absolute Gasteiger partial charge is 0.462 e. The Balaban J connectivity index is 1.37. The van der Waals surface area contributed by atoms with Gasteiger partial charge in [0.25, 0.3) is 5.91 Å². The summed E-state index contributed by atoms with van der Waals surface area (Å²) in [6, 6.07) is 14.4. The summed E-state index contributed by atoms with van der Waals surface area (Å²) in [5.74, 6) is -0.331. The number of aromatic amines is 1. The quantitative estimate of drug-likeness (QED) is 0.0736. The second kappa shape index (κ2) is 15.0. The number of esters is 1. The van der Waals surface area contributed by atoms with Gasteiger partial charge in [-0.15, -0.1) is 0 Å². The Morgan fingerprint density at radius 2 is 1.63 bits per heavy atom. The van der Waals surface area contributed by atoms with Crippen LogP contribution in [-0.4, -0.2) is 62.8 Å². The van der Waals surface area contributed by atoms with Gasteiger partial charge in [-0.05, 0) is 37.1 Å². The van der Waals surface area contributed by atoms with Crippen LogP contribution in [0.15, 0.2) is 60.9 Å². The van der Waals surface area contributed by atoms with Gasteiger partial charge in [-0.3, -0.25) is 14.6 Å². The van der Waals surface area contributed by atoms with E-state index in [9.17, 15) is 14.4 Å². The molecule has 0 atom stereocenters. The number of ketones is 1. The average molecular weight is 622 g/mol. The van der Waals surface area contributed by atoms with Gasteiger partial charge >= 0.3 is 5.97 Å². The molecule has 0 radical (unpaired) electrons. The summed E-state index contributed by atoms with van der Waals surface area (Å²) in [5, 5.41) is 0.400. The van der Waals surface area contributed by atoms with Crippen molar-refractivity contribution in [2.24, 2.45) is 0 Å². The molecule has 0 bridgehead atoms. The van der Waals surface area contributed by atoms with Crippen molar-refractivity contribution in [2.45, 2.75) is 71.8 Å². The Bertz CT molecular complexity index is 1830. The molecular weight excluding hydrogens is 578 g/mol. The molecule has 0 aliphatic heterocycles.